The summed E-state index contributed by atoms with van der Waals surface area (Å²) in [5.41, 5.74) is 8.69. The van der Waals surface area contributed by atoms with Gasteiger partial charge in [0.15, 0.2) is 11.5 Å². The number of methoxy groups -OCH3 is 2. The molecule has 3 aromatic carbocycles. The fourth-order valence-corrected chi connectivity index (χ4v) is 5.18. The Balaban J connectivity index is 1.51. The van der Waals surface area contributed by atoms with Crippen molar-refractivity contribution < 1.29 is 19.1 Å². The third-order valence-electron chi connectivity index (χ3n) is 7.02. The quantitative estimate of drug-likeness (QED) is 0.429. The van der Waals surface area contributed by atoms with E-state index in [-0.39, 0.29) is 24.9 Å². The number of primary amides is 1. The largest absolute Gasteiger partial charge is 0.493 e. The average molecular weight is 484 g/mol. The lowest BCUT2D eigenvalue weighted by Crippen LogP contribution is -2.51. The van der Waals surface area contributed by atoms with Crippen LogP contribution in [0.5, 0.6) is 11.5 Å². The van der Waals surface area contributed by atoms with E-state index >= 15 is 0 Å². The summed E-state index contributed by atoms with van der Waals surface area (Å²) >= 11 is 0. The number of aromatic nitrogens is 1. The number of nitrogens with zero attached hydrogens (tertiary/aromatic N) is 2. The molecule has 2 heterocycles. The van der Waals surface area contributed by atoms with Crippen LogP contribution in [-0.4, -0.2) is 41.5 Å². The van der Waals surface area contributed by atoms with Crippen LogP contribution in [0.3, 0.4) is 0 Å². The Morgan fingerprint density at radius 3 is 2.31 bits per heavy atom. The predicted molar refractivity (Wildman–Crippen MR) is 138 cm³/mol. The Morgan fingerprint density at radius 2 is 1.61 bits per heavy atom. The molecule has 5 rings (SSSR count). The van der Waals surface area contributed by atoms with Gasteiger partial charge in [0.1, 0.15) is 6.04 Å². The average Bonchev–Trinajstić information content (AvgIpc) is 3.44. The highest BCUT2D eigenvalue weighted by Crippen LogP contribution is 2.36. The summed E-state index contributed by atoms with van der Waals surface area (Å²) in [7, 11) is 3.15. The summed E-state index contributed by atoms with van der Waals surface area (Å²) in [6, 6.07) is 21.0. The van der Waals surface area contributed by atoms with Crippen molar-refractivity contribution in [3.63, 3.8) is 0 Å². The fourth-order valence-electron chi connectivity index (χ4n) is 5.18. The predicted octanol–water partition coefficient (Wildman–Crippen LogP) is 4.08. The van der Waals surface area contributed by atoms with Gasteiger partial charge in [0.05, 0.1) is 26.7 Å². The molecule has 0 radical (unpaired) electrons. The zero-order valence-electron chi connectivity index (χ0n) is 20.4. The van der Waals surface area contributed by atoms with Gasteiger partial charge in [-0.2, -0.15) is 0 Å². The molecule has 7 heteroatoms. The molecular weight excluding hydrogens is 454 g/mol. The third-order valence-corrected chi connectivity index (χ3v) is 7.02. The molecule has 1 aliphatic heterocycles. The van der Waals surface area contributed by atoms with Crippen molar-refractivity contribution in [2.45, 2.75) is 31.5 Å². The molecule has 0 spiro atoms. The molecule has 2 atom stereocenters. The van der Waals surface area contributed by atoms with Crippen molar-refractivity contribution in [2.75, 3.05) is 14.2 Å². The summed E-state index contributed by atoms with van der Waals surface area (Å²) in [5, 5.41) is 2.21. The van der Waals surface area contributed by atoms with Crippen LogP contribution in [0.15, 0.2) is 79.1 Å². The number of hydrogen-bond acceptors (Lipinski definition) is 4. The van der Waals surface area contributed by atoms with Gasteiger partial charge in [-0.05, 0) is 51.7 Å². The van der Waals surface area contributed by atoms with Gasteiger partial charge < -0.3 is 24.7 Å². The van der Waals surface area contributed by atoms with Crippen LogP contribution in [-0.2, 0) is 22.6 Å². The summed E-state index contributed by atoms with van der Waals surface area (Å²) in [4.78, 5) is 28.0. The van der Waals surface area contributed by atoms with Crippen molar-refractivity contribution in [3.8, 4) is 11.5 Å². The lowest BCUT2D eigenvalue weighted by Gasteiger charge is -2.36. The molecule has 0 aliphatic carbocycles. The van der Waals surface area contributed by atoms with Crippen molar-refractivity contribution in [2.24, 2.45) is 5.73 Å². The molecule has 0 saturated carbocycles. The SMILES string of the molecule is COc1cc2c(cc1OC)CN(C(=O)CC(c1cccc3ccccc13)n1cccc1)[C@H](C(N)=O)C2. The molecule has 0 saturated heterocycles. The Hall–Kier alpha value is -4.26. The molecule has 7 nitrogen and oxygen atoms in total. The van der Waals surface area contributed by atoms with Crippen LogP contribution in [0.1, 0.15) is 29.2 Å². The first-order chi connectivity index (χ1) is 17.5. The maximum Gasteiger partial charge on any atom is 0.240 e. The molecule has 1 unspecified atom stereocenters. The molecule has 184 valence electrons. The maximum atomic E-state index is 13.9. The van der Waals surface area contributed by atoms with Crippen molar-refractivity contribution in [1.82, 2.24) is 9.47 Å². The molecule has 2 N–H and O–H groups in total. The molecule has 36 heavy (non-hydrogen) atoms. The van der Waals surface area contributed by atoms with E-state index in [1.54, 1.807) is 19.1 Å². The van der Waals surface area contributed by atoms with Gasteiger partial charge in [-0.3, -0.25) is 9.59 Å². The topological polar surface area (TPSA) is 86.8 Å². The minimum atomic E-state index is -0.735. The standard InChI is InChI=1S/C29H29N3O4/c1-35-26-15-20-14-25(29(30)34)32(18-21(20)16-27(26)36-2)28(33)17-24(31-12-5-6-13-31)23-11-7-9-19-8-3-4-10-22(19)23/h3-13,15-16,24-25H,14,17-18H2,1-2H3,(H2,30,34)/t24?,25-/m0/s1. The maximum absolute atomic E-state index is 13.9. The van der Waals surface area contributed by atoms with Gasteiger partial charge in [0.2, 0.25) is 11.8 Å². The number of carbonyl (C=O) groups excluding carboxylic acids is 2. The second-order valence-corrected chi connectivity index (χ2v) is 9.04. The van der Waals surface area contributed by atoms with Crippen LogP contribution in [0.2, 0.25) is 0 Å². The van der Waals surface area contributed by atoms with E-state index in [0.29, 0.717) is 17.9 Å². The minimum Gasteiger partial charge on any atom is -0.493 e. The Labute approximate surface area is 210 Å². The molecular formula is C29H29N3O4. The van der Waals surface area contributed by atoms with E-state index in [1.807, 2.05) is 59.4 Å². The summed E-state index contributed by atoms with van der Waals surface area (Å²) in [6.07, 6.45) is 4.45. The highest BCUT2D eigenvalue weighted by atomic mass is 16.5. The first kappa shape index (κ1) is 23.5. The molecule has 1 aliphatic rings. The van der Waals surface area contributed by atoms with Gasteiger partial charge in [-0.15, -0.1) is 0 Å². The highest BCUT2D eigenvalue weighted by molar-refractivity contribution is 5.89. The van der Waals surface area contributed by atoms with Crippen LogP contribution < -0.4 is 15.2 Å². The molecule has 2 amide bonds. The smallest absolute Gasteiger partial charge is 0.240 e. The van der Waals surface area contributed by atoms with Gasteiger partial charge in [0, 0.05) is 25.4 Å². The van der Waals surface area contributed by atoms with Crippen LogP contribution in [0, 0.1) is 0 Å². The number of amides is 2. The number of fused-ring (bicyclic) bond motifs is 2. The van der Waals surface area contributed by atoms with E-state index in [9.17, 15) is 9.59 Å². The van der Waals surface area contributed by atoms with E-state index in [2.05, 4.69) is 24.3 Å². The van der Waals surface area contributed by atoms with Crippen LogP contribution >= 0.6 is 0 Å². The molecule has 0 bridgehead atoms. The first-order valence-corrected chi connectivity index (χ1v) is 11.9. The summed E-state index contributed by atoms with van der Waals surface area (Å²) in [6.45, 7) is 0.274. The molecule has 1 aromatic heterocycles. The van der Waals surface area contributed by atoms with Gasteiger partial charge in [-0.25, -0.2) is 0 Å². The number of carbonyl (C=O) groups is 2. The van der Waals surface area contributed by atoms with Gasteiger partial charge in [0.25, 0.3) is 0 Å². The Kier molecular flexibility index (Phi) is 6.38. The van der Waals surface area contributed by atoms with E-state index in [4.69, 9.17) is 15.2 Å². The molecule has 0 fully saturated rings. The van der Waals surface area contributed by atoms with Crippen LogP contribution in [0.4, 0.5) is 0 Å². The Morgan fingerprint density at radius 1 is 0.944 bits per heavy atom. The van der Waals surface area contributed by atoms with E-state index in [0.717, 1.165) is 27.5 Å². The highest BCUT2D eigenvalue weighted by Gasteiger charge is 2.35. The fraction of sp³-hybridized carbons (Fsp3) is 0.241. The number of benzene rings is 3. The van der Waals surface area contributed by atoms with Gasteiger partial charge >= 0.3 is 0 Å². The Bertz CT molecular complexity index is 1410. The number of ether oxygens (including phenoxy) is 2. The number of nitrogens with two attached hydrogens (primary N) is 1. The summed E-state index contributed by atoms with van der Waals surface area (Å²) < 4.78 is 12.9. The minimum absolute atomic E-state index is 0.133. The van der Waals surface area contributed by atoms with Crippen molar-refractivity contribution in [1.29, 1.82) is 0 Å². The second-order valence-electron chi connectivity index (χ2n) is 9.04. The first-order valence-electron chi connectivity index (χ1n) is 11.9. The molecule has 4 aromatic rings. The zero-order valence-corrected chi connectivity index (χ0v) is 20.4. The summed E-state index contributed by atoms with van der Waals surface area (Å²) in [5.74, 6) is 0.516. The van der Waals surface area contributed by atoms with E-state index in [1.165, 1.54) is 0 Å². The van der Waals surface area contributed by atoms with Crippen molar-refractivity contribution in [3.05, 3.63) is 95.8 Å². The zero-order chi connectivity index (χ0) is 25.2. The second kappa shape index (κ2) is 9.77. The van der Waals surface area contributed by atoms with Crippen LogP contribution in [0.25, 0.3) is 10.8 Å². The lowest BCUT2D eigenvalue weighted by molar-refractivity contribution is -0.141. The number of rotatable bonds is 7. The van der Waals surface area contributed by atoms with Crippen molar-refractivity contribution >= 4 is 22.6 Å². The van der Waals surface area contributed by atoms with E-state index < -0.39 is 11.9 Å². The monoisotopic (exact) mass is 483 g/mol. The number of hydrogen-bond donors (Lipinski definition) is 1. The van der Waals surface area contributed by atoms with Gasteiger partial charge in [-0.1, -0.05) is 42.5 Å². The third kappa shape index (κ3) is 4.28. The lowest BCUT2D eigenvalue weighted by atomic mass is 9.91. The normalized spacial score (nSPS) is 15.8.